The number of carbonyl (C=O) groups is 1. The molecule has 0 saturated carbocycles. The van der Waals surface area contributed by atoms with E-state index in [1.54, 1.807) is 26.0 Å². The first-order chi connectivity index (χ1) is 12.9. The molecule has 0 N–H and O–H groups in total. The summed E-state index contributed by atoms with van der Waals surface area (Å²) in [6.45, 7) is 11.3. The Morgan fingerprint density at radius 1 is 1.07 bits per heavy atom. The Morgan fingerprint density at radius 2 is 1.57 bits per heavy atom. The number of anilines is 1. The molecule has 2 aromatic rings. The Hall–Kier alpha value is -1.99. The lowest BCUT2D eigenvalue weighted by molar-refractivity contribution is -0.125. The fourth-order valence-corrected chi connectivity index (χ4v) is 4.39. The van der Waals surface area contributed by atoms with Gasteiger partial charge in [0, 0.05) is 33.9 Å². The number of sulfone groups is 1. The van der Waals surface area contributed by atoms with Gasteiger partial charge in [0.25, 0.3) is 0 Å². The van der Waals surface area contributed by atoms with Crippen LogP contribution in [0.25, 0.3) is 0 Å². The summed E-state index contributed by atoms with van der Waals surface area (Å²) in [4.78, 5) is 23.3. The fourth-order valence-electron chi connectivity index (χ4n) is 2.75. The number of aryl methyl sites for hydroxylation is 2. The maximum absolute atomic E-state index is 12.8. The van der Waals surface area contributed by atoms with E-state index < -0.39 is 15.3 Å². The summed E-state index contributed by atoms with van der Waals surface area (Å²) in [7, 11) is -3.57. The standard InChI is InChI=1S/C20H26ClN3O3S/c1-7-24(18(25)20(4,5)6)19-22-13(2)17(14(3)23-19)12-28(26,27)16-10-8-15(21)9-11-16/h8-11H,7,12H2,1-6H3. The fraction of sp³-hybridized carbons (Fsp3) is 0.450. The molecule has 0 radical (unpaired) electrons. The molecule has 0 atom stereocenters. The zero-order valence-corrected chi connectivity index (χ0v) is 18.6. The summed E-state index contributed by atoms with van der Waals surface area (Å²) >= 11 is 5.84. The van der Waals surface area contributed by atoms with Gasteiger partial charge in [-0.2, -0.15) is 0 Å². The van der Waals surface area contributed by atoms with Crippen LogP contribution in [0.2, 0.25) is 5.02 Å². The van der Waals surface area contributed by atoms with Crippen molar-refractivity contribution in [1.29, 1.82) is 0 Å². The average molecular weight is 424 g/mol. The van der Waals surface area contributed by atoms with Crippen molar-refractivity contribution in [2.24, 2.45) is 5.41 Å². The molecule has 1 amide bonds. The highest BCUT2D eigenvalue weighted by Crippen LogP contribution is 2.25. The van der Waals surface area contributed by atoms with E-state index in [-0.39, 0.29) is 16.6 Å². The van der Waals surface area contributed by atoms with E-state index in [2.05, 4.69) is 9.97 Å². The van der Waals surface area contributed by atoms with Crippen molar-refractivity contribution < 1.29 is 13.2 Å². The number of amides is 1. The van der Waals surface area contributed by atoms with Crippen LogP contribution >= 0.6 is 11.6 Å². The molecule has 0 saturated heterocycles. The second-order valence-electron chi connectivity index (χ2n) is 7.69. The molecule has 0 aliphatic rings. The highest BCUT2D eigenvalue weighted by Gasteiger charge is 2.30. The molecule has 1 aromatic heterocycles. The van der Waals surface area contributed by atoms with Crippen LogP contribution in [0.5, 0.6) is 0 Å². The van der Waals surface area contributed by atoms with Crippen molar-refractivity contribution in [1.82, 2.24) is 9.97 Å². The molecule has 0 aliphatic carbocycles. The van der Waals surface area contributed by atoms with Gasteiger partial charge < -0.3 is 0 Å². The lowest BCUT2D eigenvalue weighted by atomic mass is 9.95. The van der Waals surface area contributed by atoms with Crippen molar-refractivity contribution in [2.75, 3.05) is 11.4 Å². The molecular weight excluding hydrogens is 398 g/mol. The van der Waals surface area contributed by atoms with E-state index in [9.17, 15) is 13.2 Å². The molecule has 28 heavy (non-hydrogen) atoms. The monoisotopic (exact) mass is 423 g/mol. The predicted molar refractivity (Wildman–Crippen MR) is 111 cm³/mol. The maximum Gasteiger partial charge on any atom is 0.234 e. The number of benzene rings is 1. The first kappa shape index (κ1) is 22.3. The molecule has 0 unspecified atom stereocenters. The van der Waals surface area contributed by atoms with Gasteiger partial charge in [0.1, 0.15) is 0 Å². The zero-order chi connectivity index (χ0) is 21.3. The quantitative estimate of drug-likeness (QED) is 0.722. The van der Waals surface area contributed by atoms with E-state index in [1.807, 2.05) is 27.7 Å². The minimum Gasteiger partial charge on any atom is -0.281 e. The van der Waals surface area contributed by atoms with Crippen LogP contribution in [0.1, 0.15) is 44.6 Å². The third-order valence-electron chi connectivity index (χ3n) is 4.36. The normalized spacial score (nSPS) is 12.1. The third kappa shape index (κ3) is 4.89. The average Bonchev–Trinajstić information content (AvgIpc) is 2.58. The summed E-state index contributed by atoms with van der Waals surface area (Å²) in [5.74, 6) is -0.00764. The maximum atomic E-state index is 12.8. The van der Waals surface area contributed by atoms with Crippen molar-refractivity contribution >= 4 is 33.3 Å². The van der Waals surface area contributed by atoms with Crippen LogP contribution < -0.4 is 4.90 Å². The number of nitrogens with zero attached hydrogens (tertiary/aromatic N) is 3. The Kier molecular flexibility index (Phi) is 6.51. The molecule has 6 nitrogen and oxygen atoms in total. The van der Waals surface area contributed by atoms with Gasteiger partial charge in [-0.05, 0) is 45.0 Å². The smallest absolute Gasteiger partial charge is 0.234 e. The van der Waals surface area contributed by atoms with Gasteiger partial charge in [-0.25, -0.2) is 18.4 Å². The molecule has 0 fully saturated rings. The molecule has 1 heterocycles. The molecule has 152 valence electrons. The van der Waals surface area contributed by atoms with Gasteiger partial charge in [0.15, 0.2) is 9.84 Å². The van der Waals surface area contributed by atoms with Crippen LogP contribution in [0.4, 0.5) is 5.95 Å². The number of hydrogen-bond donors (Lipinski definition) is 0. The van der Waals surface area contributed by atoms with Gasteiger partial charge in [-0.3, -0.25) is 9.69 Å². The van der Waals surface area contributed by atoms with Crippen molar-refractivity contribution in [3.8, 4) is 0 Å². The van der Waals surface area contributed by atoms with Gasteiger partial charge >= 0.3 is 0 Å². The SMILES string of the molecule is CCN(C(=O)C(C)(C)C)c1nc(C)c(CS(=O)(=O)c2ccc(Cl)cc2)c(C)n1. The summed E-state index contributed by atoms with van der Waals surface area (Å²) in [5.41, 5.74) is 1.05. The summed E-state index contributed by atoms with van der Waals surface area (Å²) in [6, 6.07) is 6.06. The second-order valence-corrected chi connectivity index (χ2v) is 10.1. The van der Waals surface area contributed by atoms with E-state index in [1.165, 1.54) is 17.0 Å². The van der Waals surface area contributed by atoms with Crippen molar-refractivity contribution in [3.05, 3.63) is 46.2 Å². The molecule has 0 aliphatic heterocycles. The van der Waals surface area contributed by atoms with Crippen LogP contribution in [0, 0.1) is 19.3 Å². The topological polar surface area (TPSA) is 80.2 Å². The third-order valence-corrected chi connectivity index (χ3v) is 6.27. The second kappa shape index (κ2) is 8.17. The number of aromatic nitrogens is 2. The lowest BCUT2D eigenvalue weighted by Gasteiger charge is -2.27. The molecule has 0 spiro atoms. The molecule has 2 rings (SSSR count). The molecule has 1 aromatic carbocycles. The van der Waals surface area contributed by atoms with Gasteiger partial charge in [-0.1, -0.05) is 32.4 Å². The molecule has 8 heteroatoms. The molecular formula is C20H26ClN3O3S. The number of halogens is 1. The van der Waals surface area contributed by atoms with Gasteiger partial charge in [-0.15, -0.1) is 0 Å². The van der Waals surface area contributed by atoms with Crippen LogP contribution in [-0.4, -0.2) is 30.8 Å². The Morgan fingerprint density at radius 3 is 2.00 bits per heavy atom. The summed E-state index contributed by atoms with van der Waals surface area (Å²) < 4.78 is 25.5. The van der Waals surface area contributed by atoms with Crippen LogP contribution in [-0.2, 0) is 20.4 Å². The van der Waals surface area contributed by atoms with E-state index in [0.717, 1.165) is 0 Å². The van der Waals surface area contributed by atoms with Crippen LogP contribution in [0.3, 0.4) is 0 Å². The van der Waals surface area contributed by atoms with Gasteiger partial charge in [0.05, 0.1) is 10.6 Å². The largest absolute Gasteiger partial charge is 0.281 e. The first-order valence-corrected chi connectivity index (χ1v) is 11.0. The zero-order valence-electron chi connectivity index (χ0n) is 17.1. The number of rotatable bonds is 5. The Bertz CT molecular complexity index is 958. The van der Waals surface area contributed by atoms with Crippen LogP contribution in [0.15, 0.2) is 29.2 Å². The van der Waals surface area contributed by atoms with Crippen molar-refractivity contribution in [2.45, 2.75) is 52.2 Å². The van der Waals surface area contributed by atoms with E-state index >= 15 is 0 Å². The Balaban J connectivity index is 2.41. The summed E-state index contributed by atoms with van der Waals surface area (Å²) in [5, 5.41) is 0.474. The highest BCUT2D eigenvalue weighted by atomic mass is 35.5. The lowest BCUT2D eigenvalue weighted by Crippen LogP contribution is -2.40. The number of carbonyl (C=O) groups excluding carboxylic acids is 1. The minimum absolute atomic E-state index is 0.0877. The predicted octanol–water partition coefficient (Wildman–Crippen LogP) is 4.12. The number of hydrogen-bond acceptors (Lipinski definition) is 5. The Labute approximate surface area is 171 Å². The van der Waals surface area contributed by atoms with E-state index in [4.69, 9.17) is 11.6 Å². The van der Waals surface area contributed by atoms with E-state index in [0.29, 0.717) is 34.5 Å². The molecule has 0 bridgehead atoms. The first-order valence-electron chi connectivity index (χ1n) is 9.01. The van der Waals surface area contributed by atoms with Gasteiger partial charge in [0.2, 0.25) is 11.9 Å². The summed E-state index contributed by atoms with van der Waals surface area (Å²) in [6.07, 6.45) is 0. The highest BCUT2D eigenvalue weighted by molar-refractivity contribution is 7.90. The van der Waals surface area contributed by atoms with Crippen molar-refractivity contribution in [3.63, 3.8) is 0 Å². The minimum atomic E-state index is -3.57.